The van der Waals surface area contributed by atoms with E-state index in [9.17, 15) is 0 Å². The van der Waals surface area contributed by atoms with Crippen LogP contribution in [-0.4, -0.2) is 4.68 Å². The summed E-state index contributed by atoms with van der Waals surface area (Å²) in [5.74, 6) is 6.61. The van der Waals surface area contributed by atoms with Crippen molar-refractivity contribution < 1.29 is 0 Å². The zero-order valence-electron chi connectivity index (χ0n) is 9.56. The Morgan fingerprint density at radius 2 is 1.76 bits per heavy atom. The predicted molar refractivity (Wildman–Crippen MR) is 71.6 cm³/mol. The first-order chi connectivity index (χ1) is 8.33. The molecular weight excluding hydrogens is 208 g/mol. The Morgan fingerprint density at radius 1 is 1.00 bits per heavy atom. The van der Waals surface area contributed by atoms with Crippen molar-refractivity contribution in [2.75, 3.05) is 5.84 Å². The van der Waals surface area contributed by atoms with Crippen molar-refractivity contribution in [3.8, 4) is 0 Å². The first-order valence-corrected chi connectivity index (χ1v) is 6.11. The number of nitrogens with two attached hydrogens (primary N) is 1. The number of aromatic nitrogens is 1. The van der Waals surface area contributed by atoms with E-state index >= 15 is 0 Å². The second kappa shape index (κ2) is 3.04. The summed E-state index contributed by atoms with van der Waals surface area (Å²) in [6, 6.07) is 11.0. The summed E-state index contributed by atoms with van der Waals surface area (Å²) < 4.78 is 1.66. The number of nitrogen functional groups attached to an aromatic ring is 1. The summed E-state index contributed by atoms with van der Waals surface area (Å²) in [4.78, 5) is 0. The van der Waals surface area contributed by atoms with Crippen LogP contribution in [-0.2, 0) is 0 Å². The average Bonchev–Trinajstić information content (AvgIpc) is 3.10. The van der Waals surface area contributed by atoms with Gasteiger partial charge in [0.15, 0.2) is 0 Å². The van der Waals surface area contributed by atoms with Crippen LogP contribution in [0.15, 0.2) is 42.7 Å². The molecule has 0 unspecified atom stereocenters. The van der Waals surface area contributed by atoms with Crippen LogP contribution in [0.1, 0.15) is 24.3 Å². The lowest BCUT2D eigenvalue weighted by atomic mass is 9.97. The minimum absolute atomic E-state index is 0.769. The molecule has 0 amide bonds. The molecule has 0 atom stereocenters. The monoisotopic (exact) mass is 222 g/mol. The number of benzene rings is 2. The van der Waals surface area contributed by atoms with Crippen LogP contribution in [0.5, 0.6) is 0 Å². The maximum Gasteiger partial charge on any atom is 0.0341 e. The highest BCUT2D eigenvalue weighted by Crippen LogP contribution is 2.44. The van der Waals surface area contributed by atoms with Gasteiger partial charge in [0.1, 0.15) is 0 Å². The van der Waals surface area contributed by atoms with E-state index in [4.69, 9.17) is 5.84 Å². The smallest absolute Gasteiger partial charge is 0.0341 e. The molecule has 2 N–H and O–H groups in total. The molecule has 2 heteroatoms. The van der Waals surface area contributed by atoms with Gasteiger partial charge in [0, 0.05) is 23.2 Å². The van der Waals surface area contributed by atoms with Gasteiger partial charge in [-0.15, -0.1) is 0 Å². The molecule has 0 saturated heterocycles. The van der Waals surface area contributed by atoms with Gasteiger partial charge in [0.25, 0.3) is 0 Å². The summed E-state index contributed by atoms with van der Waals surface area (Å²) >= 11 is 0. The Bertz CT molecular complexity index is 720. The standard InChI is InChI=1S/C15H14N2/c16-17-8-11-7-14(10-5-6-10)12-3-1-2-4-13(12)15(11)9-17/h1-4,7-10H,5-6,16H2. The third-order valence-electron chi connectivity index (χ3n) is 3.73. The van der Waals surface area contributed by atoms with Gasteiger partial charge in [-0.3, -0.25) is 4.68 Å². The highest BCUT2D eigenvalue weighted by molar-refractivity contribution is 6.09. The molecule has 0 radical (unpaired) electrons. The lowest BCUT2D eigenvalue weighted by molar-refractivity contribution is 1.03. The molecule has 1 aliphatic rings. The van der Waals surface area contributed by atoms with Crippen molar-refractivity contribution in [1.82, 2.24) is 4.68 Å². The first kappa shape index (κ1) is 9.11. The molecule has 84 valence electrons. The van der Waals surface area contributed by atoms with E-state index in [0.717, 1.165) is 5.92 Å². The molecule has 1 heterocycles. The fourth-order valence-corrected chi connectivity index (χ4v) is 2.78. The van der Waals surface area contributed by atoms with Crippen LogP contribution in [0.25, 0.3) is 21.5 Å². The third-order valence-corrected chi connectivity index (χ3v) is 3.73. The highest BCUT2D eigenvalue weighted by Gasteiger charge is 2.26. The van der Waals surface area contributed by atoms with Crippen molar-refractivity contribution in [2.45, 2.75) is 18.8 Å². The van der Waals surface area contributed by atoms with E-state index in [2.05, 4.69) is 30.3 Å². The average molecular weight is 222 g/mol. The molecule has 1 aromatic heterocycles. The molecule has 1 aliphatic carbocycles. The second-order valence-corrected chi connectivity index (χ2v) is 4.99. The van der Waals surface area contributed by atoms with Crippen molar-refractivity contribution in [2.24, 2.45) is 0 Å². The SMILES string of the molecule is Nn1cc2cc(C3CC3)c3ccccc3c2c1. The molecule has 1 saturated carbocycles. The van der Waals surface area contributed by atoms with E-state index in [-0.39, 0.29) is 0 Å². The molecule has 4 rings (SSSR count). The number of nitrogens with zero attached hydrogens (tertiary/aromatic N) is 1. The quantitative estimate of drug-likeness (QED) is 0.629. The summed E-state index contributed by atoms with van der Waals surface area (Å²) in [6.07, 6.45) is 6.68. The number of hydrogen-bond donors (Lipinski definition) is 1. The molecule has 2 aromatic carbocycles. The van der Waals surface area contributed by atoms with Crippen LogP contribution in [0.2, 0.25) is 0 Å². The Hall–Kier alpha value is -1.96. The van der Waals surface area contributed by atoms with Crippen LogP contribution < -0.4 is 5.84 Å². The van der Waals surface area contributed by atoms with Crippen LogP contribution in [0, 0.1) is 0 Å². The molecule has 0 spiro atoms. The van der Waals surface area contributed by atoms with E-state index in [1.807, 2.05) is 12.4 Å². The summed E-state index contributed by atoms with van der Waals surface area (Å²) in [5.41, 5.74) is 1.50. The summed E-state index contributed by atoms with van der Waals surface area (Å²) in [6.45, 7) is 0. The van der Waals surface area contributed by atoms with Crippen LogP contribution in [0.4, 0.5) is 0 Å². The van der Waals surface area contributed by atoms with Crippen molar-refractivity contribution in [1.29, 1.82) is 0 Å². The molecular formula is C15H14N2. The van der Waals surface area contributed by atoms with Crippen LogP contribution in [0.3, 0.4) is 0 Å². The fraction of sp³-hybridized carbons (Fsp3) is 0.200. The second-order valence-electron chi connectivity index (χ2n) is 4.99. The Balaban J connectivity index is 2.21. The van der Waals surface area contributed by atoms with Crippen molar-refractivity contribution in [3.63, 3.8) is 0 Å². The minimum Gasteiger partial charge on any atom is -0.340 e. The molecule has 1 fully saturated rings. The van der Waals surface area contributed by atoms with Gasteiger partial charge in [-0.2, -0.15) is 0 Å². The zero-order chi connectivity index (χ0) is 11.4. The predicted octanol–water partition coefficient (Wildman–Crippen LogP) is 3.39. The largest absolute Gasteiger partial charge is 0.340 e. The third kappa shape index (κ3) is 1.27. The maximum absolute atomic E-state index is 5.84. The van der Waals surface area contributed by atoms with Crippen LogP contribution >= 0.6 is 0 Å². The fourth-order valence-electron chi connectivity index (χ4n) is 2.78. The highest BCUT2D eigenvalue weighted by atomic mass is 15.3. The molecule has 0 bridgehead atoms. The van der Waals surface area contributed by atoms with Gasteiger partial charge < -0.3 is 5.84 Å². The molecule has 3 aromatic rings. The van der Waals surface area contributed by atoms with Gasteiger partial charge in [-0.25, -0.2) is 0 Å². The Kier molecular flexibility index (Phi) is 1.63. The van der Waals surface area contributed by atoms with Gasteiger partial charge in [-0.1, -0.05) is 24.3 Å². The number of fused-ring (bicyclic) bond motifs is 3. The zero-order valence-corrected chi connectivity index (χ0v) is 9.56. The minimum atomic E-state index is 0.769. The van der Waals surface area contributed by atoms with E-state index in [1.165, 1.54) is 39.9 Å². The van der Waals surface area contributed by atoms with Gasteiger partial charge in [0.05, 0.1) is 0 Å². The Labute approximate surface area is 99.6 Å². The normalized spacial score (nSPS) is 15.8. The number of hydrogen-bond acceptors (Lipinski definition) is 1. The van der Waals surface area contributed by atoms with E-state index < -0.39 is 0 Å². The van der Waals surface area contributed by atoms with E-state index in [1.54, 1.807) is 4.68 Å². The molecule has 17 heavy (non-hydrogen) atoms. The van der Waals surface area contributed by atoms with Crippen molar-refractivity contribution in [3.05, 3.63) is 48.3 Å². The van der Waals surface area contributed by atoms with Crippen molar-refractivity contribution >= 4 is 21.5 Å². The topological polar surface area (TPSA) is 30.9 Å². The lowest BCUT2D eigenvalue weighted by Crippen LogP contribution is -2.02. The molecule has 2 nitrogen and oxygen atoms in total. The summed E-state index contributed by atoms with van der Waals surface area (Å²) in [5, 5.41) is 5.24. The lowest BCUT2D eigenvalue weighted by Gasteiger charge is -2.06. The molecule has 0 aliphatic heterocycles. The first-order valence-electron chi connectivity index (χ1n) is 6.11. The maximum atomic E-state index is 5.84. The van der Waals surface area contributed by atoms with Gasteiger partial charge in [-0.05, 0) is 41.2 Å². The number of rotatable bonds is 1. The summed E-state index contributed by atoms with van der Waals surface area (Å²) in [7, 11) is 0. The van der Waals surface area contributed by atoms with Gasteiger partial charge >= 0.3 is 0 Å². The van der Waals surface area contributed by atoms with E-state index in [0.29, 0.717) is 0 Å². The Morgan fingerprint density at radius 3 is 2.53 bits per heavy atom. The van der Waals surface area contributed by atoms with Gasteiger partial charge in [0.2, 0.25) is 0 Å².